The van der Waals surface area contributed by atoms with Crippen molar-refractivity contribution in [1.82, 2.24) is 0 Å². The van der Waals surface area contributed by atoms with Gasteiger partial charge in [-0.15, -0.1) is 0 Å². The second kappa shape index (κ2) is 56.7. The molecule has 17 nitrogen and oxygen atoms in total. The van der Waals surface area contributed by atoms with Crippen LogP contribution >= 0.6 is 15.6 Å². The predicted octanol–water partition coefficient (Wildman–Crippen LogP) is 16.7. The van der Waals surface area contributed by atoms with E-state index < -0.39 is 97.5 Å². The molecule has 0 saturated heterocycles. The van der Waals surface area contributed by atoms with E-state index in [1.807, 2.05) is 0 Å². The van der Waals surface area contributed by atoms with Crippen LogP contribution in [0.4, 0.5) is 0 Å². The highest BCUT2D eigenvalue weighted by molar-refractivity contribution is 7.47. The summed E-state index contributed by atoms with van der Waals surface area (Å²) in [6.07, 6.45) is 44.0. The third-order valence-electron chi connectivity index (χ3n) is 13.7. The van der Waals surface area contributed by atoms with Gasteiger partial charge in [0.05, 0.1) is 26.4 Å². The monoisotopic (exact) mass is 1190 g/mol. The molecule has 0 aliphatic rings. The molecule has 0 heterocycles. The van der Waals surface area contributed by atoms with Crippen molar-refractivity contribution in [2.24, 2.45) is 0 Å². The highest BCUT2D eigenvalue weighted by Gasteiger charge is 2.30. The van der Waals surface area contributed by atoms with Gasteiger partial charge in [0.25, 0.3) is 0 Å². The van der Waals surface area contributed by atoms with Crippen LogP contribution in [0.1, 0.15) is 291 Å². The van der Waals surface area contributed by atoms with Gasteiger partial charge in [0.1, 0.15) is 19.3 Å². The van der Waals surface area contributed by atoms with Crippen LogP contribution in [0.25, 0.3) is 0 Å². The first-order valence-corrected chi connectivity index (χ1v) is 35.1. The van der Waals surface area contributed by atoms with Crippen LogP contribution in [0.15, 0.2) is 24.3 Å². The van der Waals surface area contributed by atoms with Crippen molar-refractivity contribution in [3.63, 3.8) is 0 Å². The van der Waals surface area contributed by atoms with Crippen molar-refractivity contribution in [1.29, 1.82) is 0 Å². The van der Waals surface area contributed by atoms with E-state index in [0.29, 0.717) is 25.7 Å². The fourth-order valence-electron chi connectivity index (χ4n) is 8.74. The van der Waals surface area contributed by atoms with E-state index in [1.165, 1.54) is 96.3 Å². The van der Waals surface area contributed by atoms with Gasteiger partial charge < -0.3 is 33.8 Å². The Morgan fingerprint density at radius 1 is 0.346 bits per heavy atom. The second-order valence-electron chi connectivity index (χ2n) is 21.8. The number of allylic oxidation sites excluding steroid dienone is 4. The van der Waals surface area contributed by atoms with Crippen molar-refractivity contribution < 1.29 is 80.2 Å². The molecule has 0 amide bonds. The molecule has 5 atom stereocenters. The number of ether oxygens (including phenoxy) is 4. The zero-order valence-corrected chi connectivity index (χ0v) is 53.0. The van der Waals surface area contributed by atoms with Gasteiger partial charge in [-0.25, -0.2) is 9.13 Å². The van der Waals surface area contributed by atoms with E-state index in [4.69, 9.17) is 37.0 Å². The number of esters is 4. The summed E-state index contributed by atoms with van der Waals surface area (Å²) in [5.41, 5.74) is 0. The summed E-state index contributed by atoms with van der Waals surface area (Å²) in [6, 6.07) is 0. The molecule has 0 aromatic rings. The van der Waals surface area contributed by atoms with Gasteiger partial charge in [-0.1, -0.05) is 238 Å². The minimum absolute atomic E-state index is 0.0852. The van der Waals surface area contributed by atoms with Gasteiger partial charge in [-0.05, 0) is 51.4 Å². The van der Waals surface area contributed by atoms with Crippen molar-refractivity contribution >= 4 is 39.5 Å². The van der Waals surface area contributed by atoms with Crippen LogP contribution in [0.5, 0.6) is 0 Å². The Morgan fingerprint density at radius 2 is 0.593 bits per heavy atom. The topological polar surface area (TPSA) is 237 Å². The molecule has 19 heteroatoms. The maximum Gasteiger partial charge on any atom is 0.472 e. The van der Waals surface area contributed by atoms with Gasteiger partial charge in [0, 0.05) is 25.7 Å². The standard InChI is InChI=1S/C62H116O17P2/c1-5-9-13-17-21-25-27-28-29-30-31-33-37-41-45-49-62(67)79-58(53-73-60(65)47-43-39-36-32-26-22-18-14-10-6-2)55-77-81(70,71)75-51-56(63)50-74-80(68,69)76-54-57(78-61(66)48-44-40-35-24-20-16-12-8-4)52-72-59(64)46-42-38-34-23-19-15-11-7-3/h25,27-29,56-58,63H,5-24,26,30-55H2,1-4H3,(H,68,69)(H,70,71)/b27-25-,29-28-/t56-,57+,58+/m0/s1. The normalized spacial score (nSPS) is 14.4. The van der Waals surface area contributed by atoms with E-state index in [2.05, 4.69) is 52.0 Å². The quantitative estimate of drug-likeness (QED) is 0.0169. The summed E-state index contributed by atoms with van der Waals surface area (Å²) in [5.74, 6) is -2.17. The first-order chi connectivity index (χ1) is 39.2. The van der Waals surface area contributed by atoms with Crippen LogP contribution < -0.4 is 0 Å². The van der Waals surface area contributed by atoms with Crippen molar-refractivity contribution in [2.45, 2.75) is 309 Å². The summed E-state index contributed by atoms with van der Waals surface area (Å²) in [6.45, 7) is 4.75. The molecule has 0 saturated carbocycles. The molecule has 0 aliphatic heterocycles. The largest absolute Gasteiger partial charge is 0.472 e. The first kappa shape index (κ1) is 78.5. The average molecular weight is 1200 g/mol. The number of hydrogen-bond acceptors (Lipinski definition) is 15. The SMILES string of the molecule is CCCCCC/C=C\C=C/CCCCCCCC(=O)O[C@H](COC(=O)CCCCCCCCCCCC)COP(=O)(O)OC[C@@H](O)COP(=O)(O)OC[C@@H](COC(=O)CCCCCCCCCC)OC(=O)CCCCCCCCCC. The van der Waals surface area contributed by atoms with E-state index >= 15 is 0 Å². The van der Waals surface area contributed by atoms with Crippen molar-refractivity contribution in [3.8, 4) is 0 Å². The van der Waals surface area contributed by atoms with Crippen molar-refractivity contribution in [2.75, 3.05) is 39.6 Å². The molecule has 81 heavy (non-hydrogen) atoms. The van der Waals surface area contributed by atoms with Crippen LogP contribution in [-0.4, -0.2) is 96.7 Å². The Morgan fingerprint density at radius 3 is 0.901 bits per heavy atom. The van der Waals surface area contributed by atoms with Crippen LogP contribution in [-0.2, 0) is 65.4 Å². The Kier molecular flexibility index (Phi) is 54.9. The highest BCUT2D eigenvalue weighted by Crippen LogP contribution is 2.45. The Bertz CT molecular complexity index is 1660. The van der Waals surface area contributed by atoms with E-state index in [1.54, 1.807) is 0 Å². The predicted molar refractivity (Wildman–Crippen MR) is 321 cm³/mol. The molecule has 0 bridgehead atoms. The molecular weight excluding hydrogens is 1080 g/mol. The fourth-order valence-corrected chi connectivity index (χ4v) is 10.3. The third kappa shape index (κ3) is 56.4. The van der Waals surface area contributed by atoms with E-state index in [9.17, 15) is 43.2 Å². The molecule has 0 radical (unpaired) electrons. The number of rotatable bonds is 61. The summed E-state index contributed by atoms with van der Waals surface area (Å²) in [7, 11) is -9.89. The number of aliphatic hydroxyl groups is 1. The lowest BCUT2D eigenvalue weighted by atomic mass is 10.1. The lowest BCUT2D eigenvalue weighted by molar-refractivity contribution is -0.161. The number of unbranched alkanes of at least 4 members (excludes halogenated alkanes) is 32. The summed E-state index contributed by atoms with van der Waals surface area (Å²) in [4.78, 5) is 71.9. The number of phosphoric acid groups is 2. The van der Waals surface area contributed by atoms with Gasteiger partial charge in [0.15, 0.2) is 12.2 Å². The Balaban J connectivity index is 5.23. The van der Waals surface area contributed by atoms with Crippen molar-refractivity contribution in [3.05, 3.63) is 24.3 Å². The first-order valence-electron chi connectivity index (χ1n) is 32.1. The number of hydrogen-bond donors (Lipinski definition) is 3. The summed E-state index contributed by atoms with van der Waals surface area (Å²) < 4.78 is 67.7. The number of phosphoric ester groups is 2. The number of carbonyl (C=O) groups is 4. The van der Waals surface area contributed by atoms with Gasteiger partial charge in [-0.3, -0.25) is 37.3 Å². The Labute approximate surface area is 491 Å². The smallest absolute Gasteiger partial charge is 0.462 e. The molecule has 0 aromatic heterocycles. The zero-order chi connectivity index (χ0) is 59.8. The molecule has 0 spiro atoms. The van der Waals surface area contributed by atoms with E-state index in [0.717, 1.165) is 116 Å². The molecule has 0 rings (SSSR count). The molecular formula is C62H116O17P2. The Hall–Kier alpha value is -2.46. The van der Waals surface area contributed by atoms with E-state index in [-0.39, 0.29) is 25.7 Å². The third-order valence-corrected chi connectivity index (χ3v) is 15.6. The number of aliphatic hydroxyl groups excluding tert-OH is 1. The van der Waals surface area contributed by atoms with Gasteiger partial charge >= 0.3 is 39.5 Å². The minimum Gasteiger partial charge on any atom is -0.462 e. The van der Waals surface area contributed by atoms with Crippen LogP contribution in [0.2, 0.25) is 0 Å². The molecule has 476 valence electrons. The maximum absolute atomic E-state index is 12.9. The molecule has 0 fully saturated rings. The molecule has 2 unspecified atom stereocenters. The van der Waals surface area contributed by atoms with Crippen LogP contribution in [0.3, 0.4) is 0 Å². The van der Waals surface area contributed by atoms with Gasteiger partial charge in [-0.2, -0.15) is 0 Å². The number of carbonyl (C=O) groups excluding carboxylic acids is 4. The summed E-state index contributed by atoms with van der Waals surface area (Å²) in [5, 5.41) is 10.5. The average Bonchev–Trinajstić information content (AvgIpc) is 3.44. The lowest BCUT2D eigenvalue weighted by Crippen LogP contribution is -2.30. The zero-order valence-electron chi connectivity index (χ0n) is 51.2. The molecule has 0 aromatic carbocycles. The van der Waals surface area contributed by atoms with Crippen LogP contribution in [0, 0.1) is 0 Å². The molecule has 3 N–H and O–H groups in total. The fraction of sp³-hybridized carbons (Fsp3) is 0.871. The maximum atomic E-state index is 12.9. The minimum atomic E-state index is -4.95. The highest BCUT2D eigenvalue weighted by atomic mass is 31.2. The second-order valence-corrected chi connectivity index (χ2v) is 24.7. The lowest BCUT2D eigenvalue weighted by Gasteiger charge is -2.21. The van der Waals surface area contributed by atoms with Gasteiger partial charge in [0.2, 0.25) is 0 Å². The molecule has 0 aliphatic carbocycles. The summed E-state index contributed by atoms with van der Waals surface area (Å²) >= 11 is 0.